The number of pyridine rings is 1. The molecule has 3 rings (SSSR count). The molecule has 0 bridgehead atoms. The number of piperidine rings is 1. The van der Waals surface area contributed by atoms with Crippen LogP contribution in [-0.4, -0.2) is 42.0 Å². The largest absolute Gasteiger partial charge is 0.396 e. The molecule has 0 radical (unpaired) electrons. The minimum atomic E-state index is -0.471. The van der Waals surface area contributed by atoms with E-state index < -0.39 is 5.82 Å². The van der Waals surface area contributed by atoms with Crippen molar-refractivity contribution in [1.29, 1.82) is 0 Å². The highest BCUT2D eigenvalue weighted by molar-refractivity contribution is 5.95. The normalized spacial score (nSPS) is 15.0. The molecule has 1 aromatic carbocycles. The van der Waals surface area contributed by atoms with Crippen LogP contribution in [0.4, 0.5) is 10.1 Å². The molecular formula is C20H25FN4O. The molecular weight excluding hydrogens is 331 g/mol. The number of aromatic nitrogens is 1. The molecule has 6 heteroatoms. The van der Waals surface area contributed by atoms with Crippen molar-refractivity contribution in [1.82, 2.24) is 15.2 Å². The van der Waals surface area contributed by atoms with Crippen LogP contribution in [0, 0.1) is 12.7 Å². The number of likely N-dealkylation sites (tertiary alicyclic amines) is 1. The Morgan fingerprint density at radius 1 is 1.23 bits per heavy atom. The van der Waals surface area contributed by atoms with Gasteiger partial charge in [-0.2, -0.15) is 0 Å². The van der Waals surface area contributed by atoms with Gasteiger partial charge in [-0.15, -0.1) is 0 Å². The number of carbonyl (C=O) groups excluding carboxylic acids is 1. The standard InChI is InChI=1S/C20H25FN4O/c1-14-16(20(26)23-9-12-25-10-3-2-4-11-25)6-8-19(24-14)15-5-7-18(22)17(21)13-15/h5-8,13H,2-4,9-12,22H2,1H3,(H,23,26). The fraction of sp³-hybridized carbons (Fsp3) is 0.400. The lowest BCUT2D eigenvalue weighted by molar-refractivity contribution is 0.0945. The minimum absolute atomic E-state index is 0.107. The smallest absolute Gasteiger partial charge is 0.253 e. The van der Waals surface area contributed by atoms with Gasteiger partial charge in [-0.25, -0.2) is 4.39 Å². The molecule has 1 fully saturated rings. The third kappa shape index (κ3) is 4.38. The van der Waals surface area contributed by atoms with Crippen molar-refractivity contribution in [3.05, 3.63) is 47.4 Å². The van der Waals surface area contributed by atoms with Gasteiger partial charge in [0.2, 0.25) is 0 Å². The molecule has 0 aliphatic carbocycles. The van der Waals surface area contributed by atoms with Gasteiger partial charge in [-0.3, -0.25) is 9.78 Å². The van der Waals surface area contributed by atoms with Crippen LogP contribution in [0.2, 0.25) is 0 Å². The van der Waals surface area contributed by atoms with Crippen LogP contribution in [0.25, 0.3) is 11.3 Å². The van der Waals surface area contributed by atoms with Crippen molar-refractivity contribution in [2.45, 2.75) is 26.2 Å². The molecule has 1 aliphatic rings. The molecule has 2 aromatic rings. The maximum atomic E-state index is 13.6. The van der Waals surface area contributed by atoms with Gasteiger partial charge in [0.05, 0.1) is 22.6 Å². The summed E-state index contributed by atoms with van der Waals surface area (Å²) >= 11 is 0. The molecule has 1 amide bonds. The van der Waals surface area contributed by atoms with Crippen molar-refractivity contribution >= 4 is 11.6 Å². The quantitative estimate of drug-likeness (QED) is 0.808. The number of nitrogens with one attached hydrogen (secondary N) is 1. The summed E-state index contributed by atoms with van der Waals surface area (Å²) in [4.78, 5) is 19.2. The number of carbonyl (C=O) groups is 1. The molecule has 1 saturated heterocycles. The maximum Gasteiger partial charge on any atom is 0.253 e. The number of aryl methyl sites for hydroxylation is 1. The summed E-state index contributed by atoms with van der Waals surface area (Å²) in [5.41, 5.74) is 8.03. The third-order valence-electron chi connectivity index (χ3n) is 4.79. The van der Waals surface area contributed by atoms with Gasteiger partial charge >= 0.3 is 0 Å². The first kappa shape index (κ1) is 18.3. The summed E-state index contributed by atoms with van der Waals surface area (Å²) in [6, 6.07) is 8.07. The van der Waals surface area contributed by atoms with E-state index in [1.807, 2.05) is 0 Å². The van der Waals surface area contributed by atoms with Crippen LogP contribution < -0.4 is 11.1 Å². The fourth-order valence-electron chi connectivity index (χ4n) is 3.25. The van der Waals surface area contributed by atoms with E-state index in [0.717, 1.165) is 19.6 Å². The first-order valence-electron chi connectivity index (χ1n) is 9.08. The molecule has 138 valence electrons. The Bertz CT molecular complexity index is 787. The molecule has 0 unspecified atom stereocenters. The number of nitrogen functional groups attached to an aromatic ring is 1. The molecule has 3 N–H and O–H groups in total. The Morgan fingerprint density at radius 2 is 2.00 bits per heavy atom. The summed E-state index contributed by atoms with van der Waals surface area (Å²) in [5, 5.41) is 2.97. The van der Waals surface area contributed by atoms with Gasteiger partial charge < -0.3 is 16.0 Å². The zero-order valence-corrected chi connectivity index (χ0v) is 15.1. The van der Waals surface area contributed by atoms with Crippen LogP contribution in [-0.2, 0) is 0 Å². The molecule has 1 aromatic heterocycles. The predicted octanol–water partition coefficient (Wildman–Crippen LogP) is 2.99. The van der Waals surface area contributed by atoms with Gasteiger partial charge in [-0.05, 0) is 57.1 Å². The van der Waals surface area contributed by atoms with Crippen LogP contribution in [0.5, 0.6) is 0 Å². The SMILES string of the molecule is Cc1nc(-c2ccc(N)c(F)c2)ccc1C(=O)NCCN1CCCCC1. The fourth-order valence-corrected chi connectivity index (χ4v) is 3.25. The average molecular weight is 356 g/mol. The van der Waals surface area contributed by atoms with Crippen molar-refractivity contribution in [2.75, 3.05) is 31.9 Å². The summed E-state index contributed by atoms with van der Waals surface area (Å²) < 4.78 is 13.6. The van der Waals surface area contributed by atoms with Crippen LogP contribution in [0.1, 0.15) is 35.3 Å². The number of benzene rings is 1. The second-order valence-electron chi connectivity index (χ2n) is 6.72. The lowest BCUT2D eigenvalue weighted by Gasteiger charge is -2.26. The van der Waals surface area contributed by atoms with E-state index in [1.54, 1.807) is 25.1 Å². The number of halogens is 1. The molecule has 0 saturated carbocycles. The Kier molecular flexibility index (Phi) is 5.83. The highest BCUT2D eigenvalue weighted by atomic mass is 19.1. The van der Waals surface area contributed by atoms with Crippen molar-refractivity contribution < 1.29 is 9.18 Å². The Labute approximate surface area is 153 Å². The van der Waals surface area contributed by atoms with E-state index >= 15 is 0 Å². The molecule has 0 atom stereocenters. The Balaban J connectivity index is 1.62. The minimum Gasteiger partial charge on any atom is -0.396 e. The first-order chi connectivity index (χ1) is 12.5. The molecule has 2 heterocycles. The number of hydrogen-bond donors (Lipinski definition) is 2. The van der Waals surface area contributed by atoms with Crippen molar-refractivity contribution in [3.63, 3.8) is 0 Å². The summed E-state index contributed by atoms with van der Waals surface area (Å²) in [6.45, 7) is 5.52. The number of rotatable bonds is 5. The number of nitrogens with zero attached hydrogens (tertiary/aromatic N) is 2. The zero-order chi connectivity index (χ0) is 18.5. The Morgan fingerprint density at radius 3 is 2.69 bits per heavy atom. The van der Waals surface area contributed by atoms with Crippen molar-refractivity contribution in [3.8, 4) is 11.3 Å². The molecule has 1 aliphatic heterocycles. The predicted molar refractivity (Wildman–Crippen MR) is 101 cm³/mol. The van der Waals surface area contributed by atoms with Gasteiger partial charge in [-0.1, -0.05) is 12.5 Å². The lowest BCUT2D eigenvalue weighted by atomic mass is 10.1. The number of amides is 1. The van der Waals surface area contributed by atoms with E-state index in [1.165, 1.54) is 31.4 Å². The van der Waals surface area contributed by atoms with Crippen LogP contribution >= 0.6 is 0 Å². The van der Waals surface area contributed by atoms with Crippen molar-refractivity contribution in [2.24, 2.45) is 0 Å². The van der Waals surface area contributed by atoms with E-state index in [4.69, 9.17) is 5.73 Å². The van der Waals surface area contributed by atoms with E-state index in [0.29, 0.717) is 29.1 Å². The molecule has 5 nitrogen and oxygen atoms in total. The number of hydrogen-bond acceptors (Lipinski definition) is 4. The topological polar surface area (TPSA) is 71.2 Å². The zero-order valence-electron chi connectivity index (χ0n) is 15.1. The van der Waals surface area contributed by atoms with Gasteiger partial charge in [0.15, 0.2) is 0 Å². The second-order valence-corrected chi connectivity index (χ2v) is 6.72. The van der Waals surface area contributed by atoms with E-state index in [9.17, 15) is 9.18 Å². The highest BCUT2D eigenvalue weighted by Gasteiger charge is 2.13. The second kappa shape index (κ2) is 8.27. The van der Waals surface area contributed by atoms with E-state index in [2.05, 4.69) is 15.2 Å². The van der Waals surface area contributed by atoms with E-state index in [-0.39, 0.29) is 11.6 Å². The van der Waals surface area contributed by atoms with Gasteiger partial charge in [0.1, 0.15) is 5.82 Å². The van der Waals surface area contributed by atoms with Gasteiger partial charge in [0.25, 0.3) is 5.91 Å². The summed E-state index contributed by atoms with van der Waals surface area (Å²) in [6.07, 6.45) is 3.78. The molecule has 0 spiro atoms. The maximum absolute atomic E-state index is 13.6. The molecule has 26 heavy (non-hydrogen) atoms. The summed E-state index contributed by atoms with van der Waals surface area (Å²) in [5.74, 6) is -0.594. The third-order valence-corrected chi connectivity index (χ3v) is 4.79. The summed E-state index contributed by atoms with van der Waals surface area (Å²) in [7, 11) is 0. The highest BCUT2D eigenvalue weighted by Crippen LogP contribution is 2.22. The monoisotopic (exact) mass is 356 g/mol. The number of nitrogens with two attached hydrogens (primary N) is 1. The Hall–Kier alpha value is -2.47. The average Bonchev–Trinajstić information content (AvgIpc) is 2.64. The van der Waals surface area contributed by atoms with Gasteiger partial charge in [0, 0.05) is 18.7 Å². The lowest BCUT2D eigenvalue weighted by Crippen LogP contribution is -2.37. The van der Waals surface area contributed by atoms with Crippen LogP contribution in [0.3, 0.4) is 0 Å². The van der Waals surface area contributed by atoms with Crippen LogP contribution in [0.15, 0.2) is 30.3 Å². The first-order valence-corrected chi connectivity index (χ1v) is 9.08. The number of anilines is 1.